The molecule has 0 spiro atoms. The molecule has 2 rings (SSSR count). The van der Waals surface area contributed by atoms with Gasteiger partial charge in [0.2, 0.25) is 0 Å². The van der Waals surface area contributed by atoms with E-state index in [0.717, 1.165) is 13.1 Å². The summed E-state index contributed by atoms with van der Waals surface area (Å²) >= 11 is 0. The normalized spacial score (nSPS) is 19.6. The second kappa shape index (κ2) is 5.88. The number of aryl methyl sites for hydroxylation is 2. The summed E-state index contributed by atoms with van der Waals surface area (Å²) in [4.78, 5) is 2.46. The van der Waals surface area contributed by atoms with Crippen LogP contribution in [0.15, 0.2) is 18.2 Å². The van der Waals surface area contributed by atoms with Crippen molar-refractivity contribution in [1.82, 2.24) is 5.32 Å². The second-order valence-corrected chi connectivity index (χ2v) is 5.06. The molecule has 1 aromatic rings. The third-order valence-corrected chi connectivity index (χ3v) is 3.65. The van der Waals surface area contributed by atoms with Gasteiger partial charge in [0.25, 0.3) is 0 Å². The molecule has 1 fully saturated rings. The third kappa shape index (κ3) is 2.83. The standard InChI is InChI=1S/C15H21N3/c1-12-5-3-6-13(2)15(12)18-10-4-7-14(11-18)17-9-8-16/h3,5-6,14,17H,4,7,9-11H2,1-2H3. The van der Waals surface area contributed by atoms with Crippen molar-refractivity contribution in [3.05, 3.63) is 29.3 Å². The summed E-state index contributed by atoms with van der Waals surface area (Å²) in [5, 5.41) is 11.9. The Kier molecular flexibility index (Phi) is 4.22. The molecule has 0 aliphatic carbocycles. The van der Waals surface area contributed by atoms with Crippen LogP contribution in [0.2, 0.25) is 0 Å². The van der Waals surface area contributed by atoms with Crippen molar-refractivity contribution in [2.45, 2.75) is 32.7 Å². The number of hydrogen-bond donors (Lipinski definition) is 1. The molecule has 0 saturated carbocycles. The van der Waals surface area contributed by atoms with Gasteiger partial charge in [0.15, 0.2) is 0 Å². The molecule has 1 unspecified atom stereocenters. The number of nitrogens with one attached hydrogen (secondary N) is 1. The van der Waals surface area contributed by atoms with Gasteiger partial charge in [-0.15, -0.1) is 0 Å². The van der Waals surface area contributed by atoms with E-state index in [1.54, 1.807) is 0 Å². The predicted molar refractivity (Wildman–Crippen MR) is 74.8 cm³/mol. The van der Waals surface area contributed by atoms with Crippen LogP contribution < -0.4 is 10.2 Å². The molecule has 1 N–H and O–H groups in total. The van der Waals surface area contributed by atoms with Crippen LogP contribution in [0.4, 0.5) is 5.69 Å². The Balaban J connectivity index is 2.11. The van der Waals surface area contributed by atoms with Crippen LogP contribution in [0.25, 0.3) is 0 Å². The highest BCUT2D eigenvalue weighted by Gasteiger charge is 2.21. The first-order chi connectivity index (χ1) is 8.72. The molecule has 3 nitrogen and oxygen atoms in total. The van der Waals surface area contributed by atoms with Gasteiger partial charge in [-0.1, -0.05) is 18.2 Å². The van der Waals surface area contributed by atoms with E-state index >= 15 is 0 Å². The summed E-state index contributed by atoms with van der Waals surface area (Å²) in [5.41, 5.74) is 4.06. The molecule has 1 aliphatic heterocycles. The van der Waals surface area contributed by atoms with E-state index in [9.17, 15) is 0 Å². The summed E-state index contributed by atoms with van der Waals surface area (Å²) in [6, 6.07) is 9.07. The van der Waals surface area contributed by atoms with Crippen molar-refractivity contribution in [1.29, 1.82) is 5.26 Å². The molecular formula is C15H21N3. The third-order valence-electron chi connectivity index (χ3n) is 3.65. The van der Waals surface area contributed by atoms with Crippen LogP contribution in [0.3, 0.4) is 0 Å². The van der Waals surface area contributed by atoms with Gasteiger partial charge in [-0.2, -0.15) is 5.26 Å². The highest BCUT2D eigenvalue weighted by molar-refractivity contribution is 5.59. The fourth-order valence-corrected chi connectivity index (χ4v) is 2.84. The van der Waals surface area contributed by atoms with Crippen molar-refractivity contribution in [3.63, 3.8) is 0 Å². The minimum Gasteiger partial charge on any atom is -0.370 e. The van der Waals surface area contributed by atoms with Crippen molar-refractivity contribution < 1.29 is 0 Å². The molecule has 0 radical (unpaired) electrons. The van der Waals surface area contributed by atoms with E-state index in [1.807, 2.05) is 0 Å². The lowest BCUT2D eigenvalue weighted by atomic mass is 10.0. The van der Waals surface area contributed by atoms with Gasteiger partial charge >= 0.3 is 0 Å². The molecule has 3 heteroatoms. The Morgan fingerprint density at radius 2 is 2.11 bits per heavy atom. The monoisotopic (exact) mass is 243 g/mol. The molecule has 0 bridgehead atoms. The molecule has 1 saturated heterocycles. The first-order valence-electron chi connectivity index (χ1n) is 6.64. The van der Waals surface area contributed by atoms with Gasteiger partial charge < -0.3 is 4.90 Å². The van der Waals surface area contributed by atoms with Gasteiger partial charge in [0.1, 0.15) is 0 Å². The SMILES string of the molecule is Cc1cccc(C)c1N1CCCC(NCC#N)C1. The quantitative estimate of drug-likeness (QED) is 0.828. The maximum absolute atomic E-state index is 8.64. The lowest BCUT2D eigenvalue weighted by molar-refractivity contribution is 0.438. The van der Waals surface area contributed by atoms with Crippen molar-refractivity contribution >= 4 is 5.69 Å². The Labute approximate surface area is 109 Å². The zero-order valence-electron chi connectivity index (χ0n) is 11.2. The van der Waals surface area contributed by atoms with Crippen LogP contribution >= 0.6 is 0 Å². The number of benzene rings is 1. The molecule has 1 heterocycles. The Bertz CT molecular complexity index is 427. The summed E-state index contributed by atoms with van der Waals surface area (Å²) in [7, 11) is 0. The molecule has 18 heavy (non-hydrogen) atoms. The number of anilines is 1. The Morgan fingerprint density at radius 3 is 2.78 bits per heavy atom. The Morgan fingerprint density at radius 1 is 1.39 bits per heavy atom. The minimum absolute atomic E-state index is 0.442. The number of rotatable bonds is 3. The topological polar surface area (TPSA) is 39.1 Å². The zero-order chi connectivity index (χ0) is 13.0. The Hall–Kier alpha value is -1.53. The van der Waals surface area contributed by atoms with Crippen LogP contribution in [0.1, 0.15) is 24.0 Å². The van der Waals surface area contributed by atoms with Crippen LogP contribution in [0, 0.1) is 25.2 Å². The number of hydrogen-bond acceptors (Lipinski definition) is 3. The van der Waals surface area contributed by atoms with Gasteiger partial charge in [0.05, 0.1) is 12.6 Å². The molecule has 0 aromatic heterocycles. The van der Waals surface area contributed by atoms with Crippen molar-refractivity contribution in [3.8, 4) is 6.07 Å². The summed E-state index contributed by atoms with van der Waals surface area (Å²) in [5.74, 6) is 0. The highest BCUT2D eigenvalue weighted by atomic mass is 15.2. The average Bonchev–Trinajstić information content (AvgIpc) is 2.37. The number of nitriles is 1. The van der Waals surface area contributed by atoms with E-state index in [0.29, 0.717) is 12.6 Å². The van der Waals surface area contributed by atoms with Crippen LogP contribution in [0.5, 0.6) is 0 Å². The first-order valence-corrected chi connectivity index (χ1v) is 6.64. The fourth-order valence-electron chi connectivity index (χ4n) is 2.84. The number of piperidine rings is 1. The van der Waals surface area contributed by atoms with E-state index in [1.165, 1.54) is 29.7 Å². The van der Waals surface area contributed by atoms with Gasteiger partial charge in [-0.05, 0) is 37.8 Å². The highest BCUT2D eigenvalue weighted by Crippen LogP contribution is 2.27. The summed E-state index contributed by atoms with van der Waals surface area (Å²) < 4.78 is 0. The molecular weight excluding hydrogens is 222 g/mol. The van der Waals surface area contributed by atoms with E-state index in [-0.39, 0.29) is 0 Å². The molecule has 1 atom stereocenters. The smallest absolute Gasteiger partial charge is 0.0843 e. The molecule has 1 aliphatic rings. The minimum atomic E-state index is 0.442. The summed E-state index contributed by atoms with van der Waals surface area (Å²) in [6.45, 7) is 6.93. The van der Waals surface area contributed by atoms with Crippen LogP contribution in [-0.4, -0.2) is 25.7 Å². The van der Waals surface area contributed by atoms with Gasteiger partial charge in [-0.3, -0.25) is 5.32 Å². The number of nitrogens with zero attached hydrogens (tertiary/aromatic N) is 2. The lowest BCUT2D eigenvalue weighted by Crippen LogP contribution is -2.46. The molecule has 0 amide bonds. The second-order valence-electron chi connectivity index (χ2n) is 5.06. The fraction of sp³-hybridized carbons (Fsp3) is 0.533. The molecule has 1 aromatic carbocycles. The van der Waals surface area contributed by atoms with E-state index in [2.05, 4.69) is 48.3 Å². The number of para-hydroxylation sites is 1. The van der Waals surface area contributed by atoms with Gasteiger partial charge in [0, 0.05) is 24.8 Å². The molecule has 96 valence electrons. The van der Waals surface area contributed by atoms with E-state index in [4.69, 9.17) is 5.26 Å². The zero-order valence-corrected chi connectivity index (χ0v) is 11.2. The van der Waals surface area contributed by atoms with Gasteiger partial charge in [-0.25, -0.2) is 0 Å². The first kappa shape index (κ1) is 12.9. The maximum Gasteiger partial charge on any atom is 0.0843 e. The lowest BCUT2D eigenvalue weighted by Gasteiger charge is -2.36. The largest absolute Gasteiger partial charge is 0.370 e. The maximum atomic E-state index is 8.64. The average molecular weight is 243 g/mol. The summed E-state index contributed by atoms with van der Waals surface area (Å²) in [6.07, 6.45) is 2.36. The van der Waals surface area contributed by atoms with E-state index < -0.39 is 0 Å². The van der Waals surface area contributed by atoms with Crippen molar-refractivity contribution in [2.75, 3.05) is 24.5 Å². The predicted octanol–water partition coefficient (Wildman–Crippen LogP) is 2.39. The van der Waals surface area contributed by atoms with Crippen molar-refractivity contribution in [2.24, 2.45) is 0 Å². The van der Waals surface area contributed by atoms with Crippen LogP contribution in [-0.2, 0) is 0 Å².